The molecule has 1 unspecified atom stereocenters. The summed E-state index contributed by atoms with van der Waals surface area (Å²) in [5.41, 5.74) is 0. The van der Waals surface area contributed by atoms with Crippen LogP contribution in [0.4, 0.5) is 0 Å². The summed E-state index contributed by atoms with van der Waals surface area (Å²) in [6.45, 7) is 0. The Kier molecular flexibility index (Phi) is 1.60. The second kappa shape index (κ2) is 2.05. The summed E-state index contributed by atoms with van der Waals surface area (Å²) in [4.78, 5) is 10.2. The predicted molar refractivity (Wildman–Crippen MR) is 25.1 cm³/mol. The van der Waals surface area contributed by atoms with Crippen LogP contribution in [0.5, 0.6) is 0 Å². The Balaban J connectivity index is 2.55. The van der Waals surface area contributed by atoms with E-state index in [0.717, 1.165) is 0 Å². The van der Waals surface area contributed by atoms with Crippen molar-refractivity contribution in [3.63, 3.8) is 0 Å². The van der Waals surface area contributed by atoms with Crippen LogP contribution in [-0.4, -0.2) is 31.3 Å². The fraction of sp³-hybridized carbons (Fsp3) is 0.500. The number of hydrogen-bond acceptors (Lipinski definition) is 2. The van der Waals surface area contributed by atoms with Gasteiger partial charge in [-0.25, -0.2) is 0 Å². The second-order valence-electron chi connectivity index (χ2n) is 1.02. The molecule has 1 N–H and O–H groups in total. The van der Waals surface area contributed by atoms with Gasteiger partial charge in [0.15, 0.2) is 0 Å². The fourth-order valence-corrected chi connectivity index (χ4v) is 5.98. The molecule has 1 heterocycles. The molecule has 1 saturated heterocycles. The van der Waals surface area contributed by atoms with Crippen LogP contribution in [0, 0.1) is 0 Å². The van der Waals surface area contributed by atoms with E-state index in [-0.39, 0.29) is 19.0 Å². The zero-order chi connectivity index (χ0) is 5.28. The molecule has 1 amide bonds. The van der Waals surface area contributed by atoms with Crippen molar-refractivity contribution in [2.75, 3.05) is 0 Å². The molecular formula is C2H3NO2Se2. The van der Waals surface area contributed by atoms with Crippen LogP contribution in [0.1, 0.15) is 0 Å². The molecule has 0 saturated carbocycles. The summed E-state index contributed by atoms with van der Waals surface area (Å²) >= 11 is -1.67. The summed E-state index contributed by atoms with van der Waals surface area (Å²) < 4.78 is 12.7. The van der Waals surface area contributed by atoms with Crippen molar-refractivity contribution in [3.05, 3.63) is 0 Å². The Morgan fingerprint density at radius 2 is 2.57 bits per heavy atom. The van der Waals surface area contributed by atoms with Gasteiger partial charge in [0.25, 0.3) is 0 Å². The standard InChI is InChI=1S/C2H3NO2Se2/c4-2-1-6-7(5)3-2/h1H2,(H,3,4). The van der Waals surface area contributed by atoms with Gasteiger partial charge in [-0.05, 0) is 0 Å². The number of rotatable bonds is 0. The van der Waals surface area contributed by atoms with Gasteiger partial charge in [0.05, 0.1) is 0 Å². The Labute approximate surface area is 49.9 Å². The van der Waals surface area contributed by atoms with Crippen LogP contribution in [-0.2, 0) is 8.63 Å². The molecule has 1 rings (SSSR count). The van der Waals surface area contributed by atoms with Gasteiger partial charge < -0.3 is 0 Å². The third kappa shape index (κ3) is 1.35. The van der Waals surface area contributed by atoms with Crippen molar-refractivity contribution in [1.82, 2.24) is 4.33 Å². The van der Waals surface area contributed by atoms with Gasteiger partial charge in [-0.3, -0.25) is 0 Å². The summed E-state index contributed by atoms with van der Waals surface area (Å²) in [6, 6.07) is 0. The summed E-state index contributed by atoms with van der Waals surface area (Å²) in [6.07, 6.45) is 0. The third-order valence-corrected chi connectivity index (χ3v) is 7.10. The zero-order valence-electron chi connectivity index (χ0n) is 3.34. The SMILES string of the molecule is O=C1C[Se][Se](=O)N1. The molecule has 0 aromatic heterocycles. The number of carbonyl (C=O) groups excluding carboxylic acids is 1. The summed E-state index contributed by atoms with van der Waals surface area (Å²) in [7, 11) is 0. The number of amides is 1. The quantitative estimate of drug-likeness (QED) is 0.524. The van der Waals surface area contributed by atoms with Crippen LogP contribution in [0.3, 0.4) is 0 Å². The predicted octanol–water partition coefficient (Wildman–Crippen LogP) is -1.35. The minimum atomic E-state index is -1.78. The molecule has 7 heavy (non-hydrogen) atoms. The second-order valence-corrected chi connectivity index (χ2v) is 9.41. The Bertz CT molecular complexity index is 109. The van der Waals surface area contributed by atoms with E-state index >= 15 is 0 Å². The van der Waals surface area contributed by atoms with Gasteiger partial charge in [0, 0.05) is 0 Å². The van der Waals surface area contributed by atoms with Gasteiger partial charge in [0.1, 0.15) is 0 Å². The van der Waals surface area contributed by atoms with Crippen LogP contribution >= 0.6 is 0 Å². The van der Waals surface area contributed by atoms with E-state index in [1.807, 2.05) is 0 Å². The normalized spacial score (nSPS) is 30.3. The van der Waals surface area contributed by atoms with Gasteiger partial charge in [-0.15, -0.1) is 0 Å². The minimum absolute atomic E-state index is 0.0278. The molecule has 0 aromatic carbocycles. The summed E-state index contributed by atoms with van der Waals surface area (Å²) in [5, 5.41) is 0.529. The third-order valence-electron chi connectivity index (χ3n) is 0.494. The Hall–Kier alpha value is 0.309. The van der Waals surface area contributed by atoms with E-state index in [4.69, 9.17) is 0 Å². The van der Waals surface area contributed by atoms with Crippen LogP contribution < -0.4 is 4.33 Å². The molecular weight excluding hydrogens is 228 g/mol. The first-order valence-corrected chi connectivity index (χ1v) is 8.73. The molecule has 1 fully saturated rings. The molecule has 5 heteroatoms. The molecule has 1 aliphatic heterocycles. The van der Waals surface area contributed by atoms with E-state index < -0.39 is 12.2 Å². The first kappa shape index (κ1) is 5.45. The molecule has 1 atom stereocenters. The number of nitrogens with one attached hydrogen (secondary N) is 1. The van der Waals surface area contributed by atoms with Crippen molar-refractivity contribution < 1.29 is 8.63 Å². The summed E-state index contributed by atoms with van der Waals surface area (Å²) in [5.74, 6) is -0.0278. The average Bonchev–Trinajstić information content (AvgIpc) is 1.87. The van der Waals surface area contributed by atoms with E-state index in [9.17, 15) is 8.63 Å². The molecule has 3 nitrogen and oxygen atoms in total. The molecule has 0 aliphatic carbocycles. The first-order valence-electron chi connectivity index (χ1n) is 1.63. The molecule has 0 spiro atoms. The molecule has 0 aromatic rings. The molecule has 40 valence electrons. The monoisotopic (exact) mass is 233 g/mol. The van der Waals surface area contributed by atoms with Crippen molar-refractivity contribution >= 4 is 31.3 Å². The molecule has 0 radical (unpaired) electrons. The molecule has 0 bridgehead atoms. The van der Waals surface area contributed by atoms with E-state index in [2.05, 4.69) is 4.33 Å². The number of hydrogen-bond donors (Lipinski definition) is 1. The van der Waals surface area contributed by atoms with Crippen molar-refractivity contribution in [3.8, 4) is 0 Å². The van der Waals surface area contributed by atoms with E-state index in [1.54, 1.807) is 0 Å². The van der Waals surface area contributed by atoms with Crippen LogP contribution in [0.15, 0.2) is 0 Å². The maximum atomic E-state index is 10.4. The van der Waals surface area contributed by atoms with Gasteiger partial charge in [-0.1, -0.05) is 0 Å². The maximum absolute atomic E-state index is 10.4. The zero-order valence-corrected chi connectivity index (χ0v) is 6.77. The van der Waals surface area contributed by atoms with Crippen molar-refractivity contribution in [2.24, 2.45) is 0 Å². The van der Waals surface area contributed by atoms with Crippen molar-refractivity contribution in [1.29, 1.82) is 0 Å². The van der Waals surface area contributed by atoms with Gasteiger partial charge in [-0.2, -0.15) is 0 Å². The Morgan fingerprint density at radius 3 is 2.71 bits per heavy atom. The van der Waals surface area contributed by atoms with Gasteiger partial charge in [0.2, 0.25) is 0 Å². The Morgan fingerprint density at radius 1 is 1.86 bits per heavy atom. The van der Waals surface area contributed by atoms with E-state index in [1.165, 1.54) is 0 Å². The molecule has 1 aliphatic rings. The first-order chi connectivity index (χ1) is 3.29. The van der Waals surface area contributed by atoms with E-state index in [0.29, 0.717) is 5.32 Å². The fourth-order valence-electron chi connectivity index (χ4n) is 0.259. The van der Waals surface area contributed by atoms with Crippen LogP contribution in [0.25, 0.3) is 0 Å². The van der Waals surface area contributed by atoms with Crippen molar-refractivity contribution in [2.45, 2.75) is 5.32 Å². The topological polar surface area (TPSA) is 46.2 Å². The van der Waals surface area contributed by atoms with Crippen LogP contribution in [0.2, 0.25) is 5.32 Å². The number of carbonyl (C=O) groups is 1. The average molecular weight is 231 g/mol. The van der Waals surface area contributed by atoms with Gasteiger partial charge >= 0.3 is 49.5 Å².